The van der Waals surface area contributed by atoms with Crippen molar-refractivity contribution in [3.63, 3.8) is 0 Å². The van der Waals surface area contributed by atoms with E-state index in [1.165, 1.54) is 0 Å². The summed E-state index contributed by atoms with van der Waals surface area (Å²) in [5, 5.41) is 8.55. The van der Waals surface area contributed by atoms with E-state index >= 15 is 0 Å². The van der Waals surface area contributed by atoms with Gasteiger partial charge in [-0.3, -0.25) is 4.79 Å². The van der Waals surface area contributed by atoms with E-state index in [2.05, 4.69) is 0 Å². The van der Waals surface area contributed by atoms with Crippen molar-refractivity contribution in [2.45, 2.75) is 19.3 Å². The molecule has 0 spiro atoms. The molecule has 2 rings (SSSR count). The lowest BCUT2D eigenvalue weighted by Gasteiger charge is -2.24. The summed E-state index contributed by atoms with van der Waals surface area (Å²) in [6, 6.07) is 7.45. The van der Waals surface area contributed by atoms with Gasteiger partial charge in [0.1, 0.15) is 12.2 Å². The maximum Gasteiger partial charge on any atom is 0.309 e. The number of carbonyl (C=O) groups is 1. The van der Waals surface area contributed by atoms with Crippen LogP contribution < -0.4 is 4.74 Å². The molecule has 0 bridgehead atoms. The van der Waals surface area contributed by atoms with Gasteiger partial charge < -0.3 is 14.6 Å². The van der Waals surface area contributed by atoms with Crippen molar-refractivity contribution in [1.29, 1.82) is 0 Å². The van der Waals surface area contributed by atoms with E-state index < -0.39 is 12.3 Å². The van der Waals surface area contributed by atoms with E-state index in [0.29, 0.717) is 12.4 Å². The van der Waals surface area contributed by atoms with E-state index in [-0.39, 0.29) is 6.42 Å². The first-order valence-corrected chi connectivity index (χ1v) is 4.33. The van der Waals surface area contributed by atoms with Crippen LogP contribution in [0.15, 0.2) is 24.3 Å². The fourth-order valence-corrected chi connectivity index (χ4v) is 1.34. The van der Waals surface area contributed by atoms with Crippen LogP contribution in [0.2, 0.25) is 0 Å². The van der Waals surface area contributed by atoms with Gasteiger partial charge in [-0.2, -0.15) is 0 Å². The Morgan fingerprint density at radius 2 is 2.29 bits per heavy atom. The zero-order valence-corrected chi connectivity index (χ0v) is 7.47. The molecule has 4 nitrogen and oxygen atoms in total. The standard InChI is InChI=1S/C10H10O4/c11-9(12)5-10-13-6-7-3-1-2-4-8(7)14-10/h1-4,10H,5-6H2,(H,11,12). The first-order chi connectivity index (χ1) is 6.75. The summed E-state index contributed by atoms with van der Waals surface area (Å²) in [6.07, 6.45) is -0.795. The predicted molar refractivity (Wildman–Crippen MR) is 47.9 cm³/mol. The van der Waals surface area contributed by atoms with Crippen LogP contribution in [0.25, 0.3) is 0 Å². The minimum atomic E-state index is -0.922. The third-order valence-corrected chi connectivity index (χ3v) is 2.00. The van der Waals surface area contributed by atoms with E-state index in [1.807, 2.05) is 24.3 Å². The zero-order valence-electron chi connectivity index (χ0n) is 7.47. The van der Waals surface area contributed by atoms with Crippen molar-refractivity contribution >= 4 is 5.97 Å². The Morgan fingerprint density at radius 1 is 1.50 bits per heavy atom. The first kappa shape index (κ1) is 9.02. The van der Waals surface area contributed by atoms with Gasteiger partial charge >= 0.3 is 5.97 Å². The Bertz CT molecular complexity index is 348. The highest BCUT2D eigenvalue weighted by Crippen LogP contribution is 2.26. The minimum absolute atomic E-state index is 0.131. The van der Waals surface area contributed by atoms with Crippen LogP contribution in [0.5, 0.6) is 5.75 Å². The number of fused-ring (bicyclic) bond motifs is 1. The van der Waals surface area contributed by atoms with Gasteiger partial charge in [-0.05, 0) is 6.07 Å². The average Bonchev–Trinajstić information content (AvgIpc) is 2.17. The zero-order chi connectivity index (χ0) is 9.97. The predicted octanol–water partition coefficient (Wildman–Crippen LogP) is 1.40. The van der Waals surface area contributed by atoms with Crippen LogP contribution >= 0.6 is 0 Å². The summed E-state index contributed by atoms with van der Waals surface area (Å²) in [5.74, 6) is -0.209. The van der Waals surface area contributed by atoms with Crippen molar-refractivity contribution < 1.29 is 19.4 Å². The van der Waals surface area contributed by atoms with Crippen molar-refractivity contribution in [1.82, 2.24) is 0 Å². The van der Waals surface area contributed by atoms with Gasteiger partial charge in [0.05, 0.1) is 6.61 Å². The summed E-state index contributed by atoms with van der Waals surface area (Å²) < 4.78 is 10.6. The van der Waals surface area contributed by atoms with Gasteiger partial charge in [0.25, 0.3) is 0 Å². The number of para-hydroxylation sites is 1. The fraction of sp³-hybridized carbons (Fsp3) is 0.300. The molecule has 0 saturated heterocycles. The molecule has 1 aromatic carbocycles. The van der Waals surface area contributed by atoms with Gasteiger partial charge in [0.15, 0.2) is 0 Å². The van der Waals surface area contributed by atoms with Crippen LogP contribution in [-0.2, 0) is 16.1 Å². The van der Waals surface area contributed by atoms with Crippen molar-refractivity contribution in [3.05, 3.63) is 29.8 Å². The molecule has 1 unspecified atom stereocenters. The molecule has 1 N–H and O–H groups in total. The Morgan fingerprint density at radius 3 is 3.07 bits per heavy atom. The Labute approximate surface area is 81.1 Å². The van der Waals surface area contributed by atoms with Crippen molar-refractivity contribution in [3.8, 4) is 5.75 Å². The van der Waals surface area contributed by atoms with E-state index in [0.717, 1.165) is 5.56 Å². The molecule has 0 amide bonds. The molecule has 14 heavy (non-hydrogen) atoms. The second-order valence-electron chi connectivity index (χ2n) is 3.06. The van der Waals surface area contributed by atoms with Crippen LogP contribution in [0.4, 0.5) is 0 Å². The normalized spacial score (nSPS) is 19.6. The number of hydrogen-bond donors (Lipinski definition) is 1. The second kappa shape index (κ2) is 3.67. The molecule has 0 saturated carbocycles. The highest BCUT2D eigenvalue weighted by Gasteiger charge is 2.21. The quantitative estimate of drug-likeness (QED) is 0.773. The molecular weight excluding hydrogens is 184 g/mol. The Hall–Kier alpha value is -1.55. The van der Waals surface area contributed by atoms with Crippen LogP contribution in [0.1, 0.15) is 12.0 Å². The maximum absolute atomic E-state index is 10.4. The third-order valence-electron chi connectivity index (χ3n) is 2.00. The summed E-state index contributed by atoms with van der Waals surface area (Å²) >= 11 is 0. The summed E-state index contributed by atoms with van der Waals surface area (Å²) in [4.78, 5) is 10.4. The molecule has 0 aliphatic carbocycles. The fourth-order valence-electron chi connectivity index (χ4n) is 1.34. The first-order valence-electron chi connectivity index (χ1n) is 4.33. The van der Waals surface area contributed by atoms with Crippen LogP contribution in [-0.4, -0.2) is 17.4 Å². The van der Waals surface area contributed by atoms with Crippen molar-refractivity contribution in [2.75, 3.05) is 0 Å². The molecule has 0 fully saturated rings. The SMILES string of the molecule is O=C(O)CC1OCc2ccccc2O1. The highest BCUT2D eigenvalue weighted by molar-refractivity contribution is 5.67. The lowest BCUT2D eigenvalue weighted by Crippen LogP contribution is -2.27. The summed E-state index contributed by atoms with van der Waals surface area (Å²) in [5.41, 5.74) is 0.953. The number of carboxylic acid groups (broad SMARTS) is 1. The molecule has 1 heterocycles. The molecule has 74 valence electrons. The largest absolute Gasteiger partial charge is 0.481 e. The number of rotatable bonds is 2. The number of benzene rings is 1. The molecule has 4 heteroatoms. The van der Waals surface area contributed by atoms with Crippen molar-refractivity contribution in [2.24, 2.45) is 0 Å². The van der Waals surface area contributed by atoms with Gasteiger partial charge in [-0.1, -0.05) is 18.2 Å². The molecule has 1 aromatic rings. The smallest absolute Gasteiger partial charge is 0.309 e. The van der Waals surface area contributed by atoms with Gasteiger partial charge in [-0.15, -0.1) is 0 Å². The van der Waals surface area contributed by atoms with Gasteiger partial charge in [0, 0.05) is 5.56 Å². The molecule has 1 aliphatic rings. The van der Waals surface area contributed by atoms with Gasteiger partial charge in [0.2, 0.25) is 6.29 Å². The maximum atomic E-state index is 10.4. The lowest BCUT2D eigenvalue weighted by molar-refractivity contribution is -0.154. The highest BCUT2D eigenvalue weighted by atomic mass is 16.7. The molecule has 1 aliphatic heterocycles. The van der Waals surface area contributed by atoms with Crippen LogP contribution in [0, 0.1) is 0 Å². The van der Waals surface area contributed by atoms with E-state index in [1.54, 1.807) is 0 Å². The molecular formula is C10H10O4. The van der Waals surface area contributed by atoms with Crippen LogP contribution in [0.3, 0.4) is 0 Å². The number of carboxylic acids is 1. The summed E-state index contributed by atoms with van der Waals surface area (Å²) in [6.45, 7) is 0.411. The molecule has 0 radical (unpaired) electrons. The minimum Gasteiger partial charge on any atom is -0.481 e. The van der Waals surface area contributed by atoms with E-state index in [9.17, 15) is 4.79 Å². The topological polar surface area (TPSA) is 55.8 Å². The molecule has 1 atom stereocenters. The van der Waals surface area contributed by atoms with E-state index in [4.69, 9.17) is 14.6 Å². The second-order valence-corrected chi connectivity index (χ2v) is 3.06. The number of aliphatic carboxylic acids is 1. The average molecular weight is 194 g/mol. The third kappa shape index (κ3) is 1.85. The Balaban J connectivity index is 2.09. The number of hydrogen-bond acceptors (Lipinski definition) is 3. The van der Waals surface area contributed by atoms with Gasteiger partial charge in [-0.25, -0.2) is 0 Å². The summed E-state index contributed by atoms with van der Waals surface area (Å²) in [7, 11) is 0. The Kier molecular flexibility index (Phi) is 2.37. The number of ether oxygens (including phenoxy) is 2. The monoisotopic (exact) mass is 194 g/mol. The molecule has 0 aromatic heterocycles. The lowest BCUT2D eigenvalue weighted by atomic mass is 10.2.